The lowest BCUT2D eigenvalue weighted by Crippen LogP contribution is -2.26. The predicted molar refractivity (Wildman–Crippen MR) is 66.7 cm³/mol. The molecule has 6 nitrogen and oxygen atoms in total. The van der Waals surface area contributed by atoms with Gasteiger partial charge >= 0.3 is 0 Å². The first-order valence-corrected chi connectivity index (χ1v) is 5.36. The van der Waals surface area contributed by atoms with Gasteiger partial charge < -0.3 is 21.5 Å². The maximum Gasteiger partial charge on any atom is 0.252 e. The number of anilines is 2. The second-order valence-corrected chi connectivity index (χ2v) is 4.06. The molecule has 94 valence electrons. The summed E-state index contributed by atoms with van der Waals surface area (Å²) in [4.78, 5) is 17.1. The van der Waals surface area contributed by atoms with Crippen LogP contribution in [0.3, 0.4) is 0 Å². The van der Waals surface area contributed by atoms with Crippen LogP contribution in [-0.2, 0) is 0 Å². The molecule has 17 heavy (non-hydrogen) atoms. The van der Waals surface area contributed by atoms with E-state index in [2.05, 4.69) is 4.98 Å². The lowest BCUT2D eigenvalue weighted by Gasteiger charge is -2.21. The van der Waals surface area contributed by atoms with Gasteiger partial charge in [0.15, 0.2) is 0 Å². The Morgan fingerprint density at radius 2 is 2.29 bits per heavy atom. The van der Waals surface area contributed by atoms with Gasteiger partial charge in [0.25, 0.3) is 5.91 Å². The number of amides is 1. The standard InChI is InChI=1S/C11H18N4O2/c1-7(16)3-4-15(2)11-9(10(13)17)5-8(12)6-14-11/h5-7,16H,3-4,12H2,1-2H3,(H2,13,17). The maximum absolute atomic E-state index is 11.3. The molecule has 0 saturated heterocycles. The molecule has 5 N–H and O–H groups in total. The van der Waals surface area contributed by atoms with Crippen LogP contribution in [0.15, 0.2) is 12.3 Å². The molecule has 0 aliphatic carbocycles. The van der Waals surface area contributed by atoms with E-state index in [-0.39, 0.29) is 5.56 Å². The number of carbonyl (C=O) groups is 1. The van der Waals surface area contributed by atoms with Gasteiger partial charge in [-0.05, 0) is 19.4 Å². The van der Waals surface area contributed by atoms with Crippen LogP contribution in [0.4, 0.5) is 11.5 Å². The highest BCUT2D eigenvalue weighted by molar-refractivity contribution is 5.98. The second kappa shape index (κ2) is 5.49. The number of nitrogens with two attached hydrogens (primary N) is 2. The lowest BCUT2D eigenvalue weighted by atomic mass is 10.2. The lowest BCUT2D eigenvalue weighted by molar-refractivity contribution is 0.100. The van der Waals surface area contributed by atoms with Crippen molar-refractivity contribution >= 4 is 17.4 Å². The molecule has 0 bridgehead atoms. The molecule has 1 aromatic heterocycles. The summed E-state index contributed by atoms with van der Waals surface area (Å²) in [5, 5.41) is 9.21. The van der Waals surface area contributed by atoms with Crippen LogP contribution >= 0.6 is 0 Å². The van der Waals surface area contributed by atoms with Crippen molar-refractivity contribution in [3.63, 3.8) is 0 Å². The normalized spacial score (nSPS) is 12.2. The van der Waals surface area contributed by atoms with Crippen LogP contribution in [0.25, 0.3) is 0 Å². The van der Waals surface area contributed by atoms with Crippen molar-refractivity contribution in [2.45, 2.75) is 19.4 Å². The predicted octanol–water partition coefficient (Wildman–Crippen LogP) is -0.0302. The summed E-state index contributed by atoms with van der Waals surface area (Å²) in [5.41, 5.74) is 11.5. The highest BCUT2D eigenvalue weighted by Crippen LogP contribution is 2.18. The second-order valence-electron chi connectivity index (χ2n) is 4.06. The highest BCUT2D eigenvalue weighted by atomic mass is 16.3. The number of nitrogen functional groups attached to an aromatic ring is 1. The van der Waals surface area contributed by atoms with Crippen molar-refractivity contribution in [3.8, 4) is 0 Å². The number of rotatable bonds is 5. The Morgan fingerprint density at radius 3 is 2.82 bits per heavy atom. The molecule has 0 spiro atoms. The average Bonchev–Trinajstić information content (AvgIpc) is 2.25. The molecule has 1 aromatic rings. The van der Waals surface area contributed by atoms with Gasteiger partial charge in [0.1, 0.15) is 5.82 Å². The van der Waals surface area contributed by atoms with Crippen molar-refractivity contribution in [2.24, 2.45) is 5.73 Å². The van der Waals surface area contributed by atoms with E-state index in [0.29, 0.717) is 24.5 Å². The summed E-state index contributed by atoms with van der Waals surface area (Å²) in [6.45, 7) is 2.29. The number of nitrogens with zero attached hydrogens (tertiary/aromatic N) is 2. The molecule has 0 fully saturated rings. The Morgan fingerprint density at radius 1 is 1.65 bits per heavy atom. The van der Waals surface area contributed by atoms with Crippen molar-refractivity contribution in [3.05, 3.63) is 17.8 Å². The summed E-state index contributed by atoms with van der Waals surface area (Å²) >= 11 is 0. The Kier molecular flexibility index (Phi) is 4.28. The topological polar surface area (TPSA) is 105 Å². The van der Waals surface area contributed by atoms with E-state index in [4.69, 9.17) is 11.5 Å². The Hall–Kier alpha value is -1.82. The van der Waals surface area contributed by atoms with E-state index in [9.17, 15) is 9.90 Å². The van der Waals surface area contributed by atoms with Gasteiger partial charge in [0, 0.05) is 13.6 Å². The Labute approximate surface area is 100 Å². The monoisotopic (exact) mass is 238 g/mol. The zero-order chi connectivity index (χ0) is 13.0. The molecule has 0 aromatic carbocycles. The largest absolute Gasteiger partial charge is 0.397 e. The molecule has 1 amide bonds. The summed E-state index contributed by atoms with van der Waals surface area (Å²) in [5.74, 6) is -0.0870. The minimum absolute atomic E-state index is 0.290. The number of hydrogen-bond donors (Lipinski definition) is 3. The van der Waals surface area contributed by atoms with Crippen LogP contribution < -0.4 is 16.4 Å². The molecule has 0 aliphatic rings. The van der Waals surface area contributed by atoms with Gasteiger partial charge in [-0.3, -0.25) is 4.79 Å². The molecule has 1 rings (SSSR count). The molecular formula is C11H18N4O2. The van der Waals surface area contributed by atoms with Gasteiger partial charge in [-0.15, -0.1) is 0 Å². The first-order chi connectivity index (χ1) is 7.91. The van der Waals surface area contributed by atoms with Crippen LogP contribution in [-0.4, -0.2) is 35.7 Å². The summed E-state index contributed by atoms with van der Waals surface area (Å²) in [6.07, 6.45) is 1.66. The zero-order valence-corrected chi connectivity index (χ0v) is 10.1. The summed E-state index contributed by atoms with van der Waals surface area (Å²) in [6, 6.07) is 1.50. The summed E-state index contributed by atoms with van der Waals surface area (Å²) < 4.78 is 0. The third kappa shape index (κ3) is 3.60. The van der Waals surface area contributed by atoms with Crippen molar-refractivity contribution in [1.82, 2.24) is 4.98 Å². The summed E-state index contributed by atoms with van der Waals surface area (Å²) in [7, 11) is 1.79. The van der Waals surface area contributed by atoms with E-state index >= 15 is 0 Å². The van der Waals surface area contributed by atoms with Gasteiger partial charge in [0.05, 0.1) is 23.6 Å². The molecule has 0 saturated carbocycles. The fourth-order valence-corrected chi connectivity index (χ4v) is 1.45. The smallest absolute Gasteiger partial charge is 0.252 e. The highest BCUT2D eigenvalue weighted by Gasteiger charge is 2.14. The third-order valence-corrected chi connectivity index (χ3v) is 2.40. The molecule has 0 radical (unpaired) electrons. The van der Waals surface area contributed by atoms with Crippen molar-refractivity contribution in [2.75, 3.05) is 24.2 Å². The Balaban J connectivity index is 2.92. The number of pyridine rings is 1. The molecule has 1 heterocycles. The first-order valence-electron chi connectivity index (χ1n) is 5.36. The van der Waals surface area contributed by atoms with E-state index in [1.807, 2.05) is 0 Å². The zero-order valence-electron chi connectivity index (χ0n) is 10.1. The fourth-order valence-electron chi connectivity index (χ4n) is 1.45. The number of carbonyl (C=O) groups excluding carboxylic acids is 1. The Bertz CT molecular complexity index is 406. The third-order valence-electron chi connectivity index (χ3n) is 2.40. The SMILES string of the molecule is CC(O)CCN(C)c1ncc(N)cc1C(N)=O. The van der Waals surface area contributed by atoms with E-state index in [1.165, 1.54) is 12.3 Å². The van der Waals surface area contributed by atoms with Crippen LogP contribution in [0.5, 0.6) is 0 Å². The van der Waals surface area contributed by atoms with E-state index < -0.39 is 12.0 Å². The molecule has 1 atom stereocenters. The number of primary amides is 1. The average molecular weight is 238 g/mol. The molecule has 0 aliphatic heterocycles. The minimum atomic E-state index is -0.566. The van der Waals surface area contributed by atoms with Crippen molar-refractivity contribution < 1.29 is 9.90 Å². The van der Waals surface area contributed by atoms with Gasteiger partial charge in [-0.25, -0.2) is 4.98 Å². The van der Waals surface area contributed by atoms with Crippen LogP contribution in [0.1, 0.15) is 23.7 Å². The first kappa shape index (κ1) is 13.2. The van der Waals surface area contributed by atoms with Crippen LogP contribution in [0.2, 0.25) is 0 Å². The molecule has 6 heteroatoms. The van der Waals surface area contributed by atoms with Crippen molar-refractivity contribution in [1.29, 1.82) is 0 Å². The van der Waals surface area contributed by atoms with Crippen LogP contribution in [0, 0.1) is 0 Å². The quantitative estimate of drug-likeness (QED) is 0.668. The number of aliphatic hydroxyl groups is 1. The van der Waals surface area contributed by atoms with Gasteiger partial charge in [-0.2, -0.15) is 0 Å². The van der Waals surface area contributed by atoms with Gasteiger partial charge in [-0.1, -0.05) is 0 Å². The molecule has 1 unspecified atom stereocenters. The van der Waals surface area contributed by atoms with E-state index in [1.54, 1.807) is 18.9 Å². The fraction of sp³-hybridized carbons (Fsp3) is 0.455. The number of aromatic nitrogens is 1. The molecular weight excluding hydrogens is 220 g/mol. The minimum Gasteiger partial charge on any atom is -0.397 e. The van der Waals surface area contributed by atoms with E-state index in [0.717, 1.165) is 0 Å². The number of hydrogen-bond acceptors (Lipinski definition) is 5. The van der Waals surface area contributed by atoms with Gasteiger partial charge in [0.2, 0.25) is 0 Å². The number of aliphatic hydroxyl groups excluding tert-OH is 1. The maximum atomic E-state index is 11.3.